The van der Waals surface area contributed by atoms with Crippen LogP contribution in [0.15, 0.2) is 58.2 Å². The van der Waals surface area contributed by atoms with Gasteiger partial charge in [-0.25, -0.2) is 4.98 Å². The third-order valence-electron chi connectivity index (χ3n) is 3.97. The Hall–Kier alpha value is -2.57. The molecule has 126 valence electrons. The SMILES string of the molecule is N=C1C(c2nc(-c3ccc(Cl)cc3)cs2)=C(O)CN1Cc1ccco1. The van der Waals surface area contributed by atoms with E-state index in [4.69, 9.17) is 21.4 Å². The number of amidine groups is 1. The van der Waals surface area contributed by atoms with Crippen LogP contribution in [-0.4, -0.2) is 27.4 Å². The van der Waals surface area contributed by atoms with Crippen LogP contribution < -0.4 is 0 Å². The molecule has 1 aromatic carbocycles. The number of hydrogen-bond acceptors (Lipinski definition) is 5. The highest BCUT2D eigenvalue weighted by molar-refractivity contribution is 7.11. The van der Waals surface area contributed by atoms with Gasteiger partial charge in [0.2, 0.25) is 0 Å². The second-order valence-corrected chi connectivity index (χ2v) is 6.95. The third kappa shape index (κ3) is 3.06. The lowest BCUT2D eigenvalue weighted by molar-refractivity contribution is 0.328. The number of benzene rings is 1. The van der Waals surface area contributed by atoms with Gasteiger partial charge in [0.1, 0.15) is 22.4 Å². The second-order valence-electron chi connectivity index (χ2n) is 5.65. The number of furan rings is 1. The van der Waals surface area contributed by atoms with Crippen molar-refractivity contribution in [2.75, 3.05) is 6.54 Å². The lowest BCUT2D eigenvalue weighted by Gasteiger charge is -2.16. The first-order valence-corrected chi connectivity index (χ1v) is 8.88. The summed E-state index contributed by atoms with van der Waals surface area (Å²) in [7, 11) is 0. The van der Waals surface area contributed by atoms with E-state index in [1.54, 1.807) is 11.2 Å². The minimum absolute atomic E-state index is 0.161. The number of nitrogens with one attached hydrogen (secondary N) is 1. The van der Waals surface area contributed by atoms with Crippen LogP contribution in [0.4, 0.5) is 0 Å². The Morgan fingerprint density at radius 2 is 2.08 bits per heavy atom. The van der Waals surface area contributed by atoms with Gasteiger partial charge in [-0.1, -0.05) is 23.7 Å². The molecule has 3 heterocycles. The van der Waals surface area contributed by atoms with Crippen molar-refractivity contribution in [3.05, 3.63) is 69.6 Å². The zero-order valence-corrected chi connectivity index (χ0v) is 14.6. The van der Waals surface area contributed by atoms with Gasteiger partial charge in [0.15, 0.2) is 0 Å². The number of thiazole rings is 1. The molecule has 0 unspecified atom stereocenters. The van der Waals surface area contributed by atoms with E-state index < -0.39 is 0 Å². The molecule has 1 aliphatic heterocycles. The van der Waals surface area contributed by atoms with Crippen molar-refractivity contribution in [1.82, 2.24) is 9.88 Å². The van der Waals surface area contributed by atoms with Crippen molar-refractivity contribution in [2.45, 2.75) is 6.54 Å². The molecular formula is C18H14ClN3O2S. The summed E-state index contributed by atoms with van der Waals surface area (Å²) in [5.41, 5.74) is 2.23. The molecule has 0 bridgehead atoms. The molecular weight excluding hydrogens is 358 g/mol. The van der Waals surface area contributed by atoms with Crippen LogP contribution >= 0.6 is 22.9 Å². The van der Waals surface area contributed by atoms with E-state index in [9.17, 15) is 5.11 Å². The molecule has 0 saturated heterocycles. The summed E-state index contributed by atoms with van der Waals surface area (Å²) in [6.45, 7) is 0.722. The zero-order chi connectivity index (χ0) is 17.4. The minimum Gasteiger partial charge on any atom is -0.510 e. The summed E-state index contributed by atoms with van der Waals surface area (Å²) >= 11 is 7.33. The summed E-state index contributed by atoms with van der Waals surface area (Å²) in [5, 5.41) is 22.0. The lowest BCUT2D eigenvalue weighted by Crippen LogP contribution is -2.25. The first kappa shape index (κ1) is 15.9. The lowest BCUT2D eigenvalue weighted by atomic mass is 10.2. The Kier molecular flexibility index (Phi) is 4.07. The zero-order valence-electron chi connectivity index (χ0n) is 13.1. The Bertz CT molecular complexity index is 945. The van der Waals surface area contributed by atoms with Crippen molar-refractivity contribution in [1.29, 1.82) is 5.41 Å². The van der Waals surface area contributed by atoms with E-state index in [-0.39, 0.29) is 18.1 Å². The fraction of sp³-hybridized carbons (Fsp3) is 0.111. The quantitative estimate of drug-likeness (QED) is 0.689. The Morgan fingerprint density at radius 3 is 2.80 bits per heavy atom. The van der Waals surface area contributed by atoms with Gasteiger partial charge in [-0.05, 0) is 24.3 Å². The minimum atomic E-state index is 0.161. The van der Waals surface area contributed by atoms with Crippen LogP contribution in [0, 0.1) is 5.41 Å². The van der Waals surface area contributed by atoms with E-state index in [2.05, 4.69) is 4.98 Å². The molecule has 0 fully saturated rings. The van der Waals surface area contributed by atoms with Gasteiger partial charge in [-0.15, -0.1) is 11.3 Å². The number of aromatic nitrogens is 1. The van der Waals surface area contributed by atoms with Crippen molar-refractivity contribution in [3.63, 3.8) is 0 Å². The van der Waals surface area contributed by atoms with Gasteiger partial charge in [0.25, 0.3) is 0 Å². The van der Waals surface area contributed by atoms with Crippen molar-refractivity contribution >= 4 is 34.3 Å². The Labute approximate surface area is 153 Å². The van der Waals surface area contributed by atoms with E-state index in [0.29, 0.717) is 22.1 Å². The molecule has 0 spiro atoms. The smallest absolute Gasteiger partial charge is 0.135 e. The number of halogens is 1. The predicted octanol–water partition coefficient (Wildman–Crippen LogP) is 4.82. The fourth-order valence-electron chi connectivity index (χ4n) is 2.73. The predicted molar refractivity (Wildman–Crippen MR) is 99.0 cm³/mol. The molecule has 0 saturated carbocycles. The molecule has 0 aliphatic carbocycles. The van der Waals surface area contributed by atoms with Gasteiger partial charge >= 0.3 is 0 Å². The number of aliphatic hydroxyl groups is 1. The standard InChI is InChI=1S/C18H14ClN3O2S/c19-12-5-3-11(4-6-12)14-10-25-18(21-14)16-15(23)9-22(17(16)20)8-13-2-1-7-24-13/h1-7,10,20,23H,8-9H2. The molecule has 2 aromatic heterocycles. The maximum absolute atomic E-state index is 10.3. The van der Waals surface area contributed by atoms with Gasteiger partial charge in [-0.2, -0.15) is 0 Å². The highest BCUT2D eigenvalue weighted by atomic mass is 35.5. The van der Waals surface area contributed by atoms with Crippen molar-refractivity contribution in [2.24, 2.45) is 0 Å². The van der Waals surface area contributed by atoms with Crippen LogP contribution in [0.1, 0.15) is 10.8 Å². The summed E-state index contributed by atoms with van der Waals surface area (Å²) in [5.74, 6) is 1.17. The summed E-state index contributed by atoms with van der Waals surface area (Å²) in [6.07, 6.45) is 1.60. The molecule has 5 nitrogen and oxygen atoms in total. The maximum Gasteiger partial charge on any atom is 0.135 e. The monoisotopic (exact) mass is 371 g/mol. The summed E-state index contributed by atoms with van der Waals surface area (Å²) < 4.78 is 5.33. The van der Waals surface area contributed by atoms with E-state index in [0.717, 1.165) is 17.0 Å². The molecule has 1 aliphatic rings. The second kappa shape index (κ2) is 6.38. The Balaban J connectivity index is 1.58. The highest BCUT2D eigenvalue weighted by Crippen LogP contribution is 2.33. The number of hydrogen-bond donors (Lipinski definition) is 2. The molecule has 0 atom stereocenters. The largest absolute Gasteiger partial charge is 0.510 e. The van der Waals surface area contributed by atoms with Gasteiger partial charge in [0.05, 0.1) is 30.6 Å². The average molecular weight is 372 g/mol. The molecule has 4 rings (SSSR count). The molecule has 2 N–H and O–H groups in total. The van der Waals surface area contributed by atoms with Crippen LogP contribution in [0.3, 0.4) is 0 Å². The first-order valence-electron chi connectivity index (χ1n) is 7.62. The van der Waals surface area contributed by atoms with Gasteiger partial charge < -0.3 is 14.4 Å². The van der Waals surface area contributed by atoms with Crippen LogP contribution in [-0.2, 0) is 6.54 Å². The first-order chi connectivity index (χ1) is 12.1. The number of rotatable bonds is 4. The topological polar surface area (TPSA) is 73.3 Å². The van der Waals surface area contributed by atoms with Crippen molar-refractivity contribution < 1.29 is 9.52 Å². The third-order valence-corrected chi connectivity index (χ3v) is 5.08. The summed E-state index contributed by atoms with van der Waals surface area (Å²) in [4.78, 5) is 6.35. The number of nitrogens with zero attached hydrogens (tertiary/aromatic N) is 2. The normalized spacial score (nSPS) is 14.6. The Morgan fingerprint density at radius 1 is 1.28 bits per heavy atom. The van der Waals surface area contributed by atoms with E-state index in [1.165, 1.54) is 11.3 Å². The number of aliphatic hydroxyl groups excluding tert-OH is 1. The maximum atomic E-state index is 10.3. The van der Waals surface area contributed by atoms with E-state index in [1.807, 2.05) is 41.8 Å². The average Bonchev–Trinajstić information content (AvgIpc) is 3.31. The van der Waals surface area contributed by atoms with Crippen LogP contribution in [0.2, 0.25) is 5.02 Å². The highest BCUT2D eigenvalue weighted by Gasteiger charge is 2.30. The van der Waals surface area contributed by atoms with Crippen LogP contribution in [0.25, 0.3) is 16.8 Å². The van der Waals surface area contributed by atoms with Gasteiger partial charge in [0, 0.05) is 16.0 Å². The summed E-state index contributed by atoms with van der Waals surface area (Å²) in [6, 6.07) is 11.1. The fourth-order valence-corrected chi connectivity index (χ4v) is 3.75. The van der Waals surface area contributed by atoms with Crippen molar-refractivity contribution in [3.8, 4) is 11.3 Å². The molecule has 7 heteroatoms. The van der Waals surface area contributed by atoms with E-state index >= 15 is 0 Å². The molecule has 25 heavy (non-hydrogen) atoms. The molecule has 3 aromatic rings. The van der Waals surface area contributed by atoms with Crippen LogP contribution in [0.5, 0.6) is 0 Å². The molecule has 0 radical (unpaired) electrons. The van der Waals surface area contributed by atoms with Gasteiger partial charge in [-0.3, -0.25) is 5.41 Å². The molecule has 0 amide bonds.